The Labute approximate surface area is 159 Å². The van der Waals surface area contributed by atoms with E-state index in [4.69, 9.17) is 4.74 Å². The molecule has 1 aliphatic heterocycles. The van der Waals surface area contributed by atoms with Gasteiger partial charge in [0.2, 0.25) is 5.91 Å². The number of aryl methyl sites for hydroxylation is 1. The van der Waals surface area contributed by atoms with Crippen LogP contribution in [-0.4, -0.2) is 28.0 Å². The van der Waals surface area contributed by atoms with Crippen molar-refractivity contribution in [1.82, 2.24) is 0 Å². The van der Waals surface area contributed by atoms with Gasteiger partial charge in [-0.1, -0.05) is 6.07 Å². The second-order valence-corrected chi connectivity index (χ2v) is 8.80. The molecule has 1 aliphatic carbocycles. The molecule has 0 saturated heterocycles. The fraction of sp³-hybridized carbons (Fsp3) is 0.350. The van der Waals surface area contributed by atoms with E-state index in [1.807, 2.05) is 13.0 Å². The molecular weight excluding hydrogens is 364 g/mol. The Morgan fingerprint density at radius 2 is 1.96 bits per heavy atom. The summed E-state index contributed by atoms with van der Waals surface area (Å²) >= 11 is 0. The van der Waals surface area contributed by atoms with E-state index in [0.717, 1.165) is 29.7 Å². The average molecular weight is 386 g/mol. The third kappa shape index (κ3) is 3.39. The first-order valence-electron chi connectivity index (χ1n) is 9.01. The topological polar surface area (TPSA) is 75.7 Å². The van der Waals surface area contributed by atoms with Crippen molar-refractivity contribution in [3.05, 3.63) is 47.5 Å². The van der Waals surface area contributed by atoms with Gasteiger partial charge in [-0.05, 0) is 67.6 Å². The molecule has 1 saturated carbocycles. The van der Waals surface area contributed by atoms with Gasteiger partial charge in [-0.2, -0.15) is 0 Å². The molecule has 6 nitrogen and oxygen atoms in total. The van der Waals surface area contributed by atoms with Gasteiger partial charge < -0.3 is 9.64 Å². The molecule has 0 bridgehead atoms. The highest BCUT2D eigenvalue weighted by Gasteiger charge is 2.36. The van der Waals surface area contributed by atoms with Gasteiger partial charge in [0.15, 0.2) is 0 Å². The quantitative estimate of drug-likeness (QED) is 0.857. The molecule has 1 N–H and O–H groups in total. The van der Waals surface area contributed by atoms with E-state index in [0.29, 0.717) is 24.4 Å². The number of nitrogens with one attached hydrogen (secondary N) is 1. The minimum Gasteiger partial charge on any atom is -0.495 e. The van der Waals surface area contributed by atoms with Gasteiger partial charge in [0.25, 0.3) is 10.0 Å². The molecule has 1 heterocycles. The molecule has 7 heteroatoms. The predicted molar refractivity (Wildman–Crippen MR) is 104 cm³/mol. The van der Waals surface area contributed by atoms with Crippen LogP contribution in [0, 0.1) is 12.8 Å². The lowest BCUT2D eigenvalue weighted by Gasteiger charge is -2.17. The van der Waals surface area contributed by atoms with Crippen LogP contribution < -0.4 is 14.4 Å². The standard InChI is InChI=1S/C20H22N2O4S/c1-13-3-8-19(26-2)17(11-13)21-27(24,25)16-6-7-18-15(12-16)9-10-22(18)20(23)14-4-5-14/h3,6-8,11-12,14,21H,4-5,9-10H2,1-2H3. The number of sulfonamides is 1. The summed E-state index contributed by atoms with van der Waals surface area (Å²) in [5.41, 5.74) is 3.06. The molecule has 0 aromatic heterocycles. The molecule has 2 aliphatic rings. The molecule has 0 radical (unpaired) electrons. The molecule has 2 aromatic carbocycles. The molecule has 0 atom stereocenters. The van der Waals surface area contributed by atoms with Gasteiger partial charge in [0.05, 0.1) is 17.7 Å². The van der Waals surface area contributed by atoms with Crippen molar-refractivity contribution in [2.45, 2.75) is 31.1 Å². The van der Waals surface area contributed by atoms with Crippen molar-refractivity contribution in [2.75, 3.05) is 23.3 Å². The van der Waals surface area contributed by atoms with Crippen molar-refractivity contribution < 1.29 is 17.9 Å². The summed E-state index contributed by atoms with van der Waals surface area (Å²) in [6, 6.07) is 10.3. The van der Waals surface area contributed by atoms with Crippen LogP contribution in [0.3, 0.4) is 0 Å². The first kappa shape index (κ1) is 17.9. The summed E-state index contributed by atoms with van der Waals surface area (Å²) in [5.74, 6) is 0.772. The van der Waals surface area contributed by atoms with E-state index in [1.54, 1.807) is 35.2 Å². The minimum absolute atomic E-state index is 0.148. The Bertz CT molecular complexity index is 1010. The van der Waals surface area contributed by atoms with E-state index in [9.17, 15) is 13.2 Å². The number of nitrogens with zero attached hydrogens (tertiary/aromatic N) is 1. The Morgan fingerprint density at radius 3 is 2.67 bits per heavy atom. The summed E-state index contributed by atoms with van der Waals surface area (Å²) in [7, 11) is -2.26. The number of carbonyl (C=O) groups is 1. The Morgan fingerprint density at radius 1 is 1.19 bits per heavy atom. The number of methoxy groups -OCH3 is 1. The van der Waals surface area contributed by atoms with Crippen LogP contribution in [-0.2, 0) is 21.2 Å². The molecule has 27 heavy (non-hydrogen) atoms. The second-order valence-electron chi connectivity index (χ2n) is 7.11. The maximum Gasteiger partial charge on any atom is 0.262 e. The molecule has 2 aromatic rings. The lowest BCUT2D eigenvalue weighted by Crippen LogP contribution is -2.30. The molecule has 0 spiro atoms. The summed E-state index contributed by atoms with van der Waals surface area (Å²) in [4.78, 5) is 14.4. The molecular formula is C20H22N2O4S. The average Bonchev–Trinajstić information content (AvgIpc) is 3.40. The normalized spacial score (nSPS) is 16.1. The van der Waals surface area contributed by atoms with E-state index in [2.05, 4.69) is 4.72 Å². The lowest BCUT2D eigenvalue weighted by atomic mass is 10.2. The summed E-state index contributed by atoms with van der Waals surface area (Å²) < 4.78 is 33.6. The van der Waals surface area contributed by atoms with Gasteiger partial charge in [-0.3, -0.25) is 9.52 Å². The molecule has 0 unspecified atom stereocenters. The summed E-state index contributed by atoms with van der Waals surface area (Å²) in [6.45, 7) is 2.51. The first-order chi connectivity index (χ1) is 12.9. The fourth-order valence-corrected chi connectivity index (χ4v) is 4.54. The Balaban J connectivity index is 1.62. The highest BCUT2D eigenvalue weighted by atomic mass is 32.2. The van der Waals surface area contributed by atoms with Crippen LogP contribution >= 0.6 is 0 Å². The largest absolute Gasteiger partial charge is 0.495 e. The van der Waals surface area contributed by atoms with Gasteiger partial charge in [0.1, 0.15) is 5.75 Å². The SMILES string of the molecule is COc1ccc(C)cc1NS(=O)(=O)c1ccc2c(c1)CCN2C(=O)C1CC1. The van der Waals surface area contributed by atoms with Crippen LogP contribution in [0.2, 0.25) is 0 Å². The van der Waals surface area contributed by atoms with Crippen molar-refractivity contribution in [3.63, 3.8) is 0 Å². The number of hydrogen-bond donors (Lipinski definition) is 1. The number of amides is 1. The van der Waals surface area contributed by atoms with Crippen LogP contribution in [0.15, 0.2) is 41.3 Å². The molecule has 1 fully saturated rings. The van der Waals surface area contributed by atoms with Gasteiger partial charge in [-0.25, -0.2) is 8.42 Å². The molecule has 1 amide bonds. The maximum atomic E-state index is 12.9. The van der Waals surface area contributed by atoms with Crippen LogP contribution in [0.5, 0.6) is 5.75 Å². The van der Waals surface area contributed by atoms with Crippen molar-refractivity contribution in [2.24, 2.45) is 5.92 Å². The third-order valence-electron chi connectivity index (χ3n) is 5.05. The number of benzene rings is 2. The maximum absolute atomic E-state index is 12.9. The summed E-state index contributed by atoms with van der Waals surface area (Å²) in [5, 5.41) is 0. The number of carbonyl (C=O) groups excluding carboxylic acids is 1. The van der Waals surface area contributed by atoms with Gasteiger partial charge >= 0.3 is 0 Å². The lowest BCUT2D eigenvalue weighted by molar-refractivity contribution is -0.119. The van der Waals surface area contributed by atoms with Crippen molar-refractivity contribution in [3.8, 4) is 5.75 Å². The zero-order chi connectivity index (χ0) is 19.2. The molecule has 4 rings (SSSR count). The van der Waals surface area contributed by atoms with E-state index >= 15 is 0 Å². The third-order valence-corrected chi connectivity index (χ3v) is 6.41. The summed E-state index contributed by atoms with van der Waals surface area (Å²) in [6.07, 6.45) is 2.59. The van der Waals surface area contributed by atoms with Crippen LogP contribution in [0.4, 0.5) is 11.4 Å². The number of fused-ring (bicyclic) bond motifs is 1. The first-order valence-corrected chi connectivity index (χ1v) is 10.5. The number of anilines is 2. The zero-order valence-electron chi connectivity index (χ0n) is 15.4. The van der Waals surface area contributed by atoms with Gasteiger partial charge in [0, 0.05) is 18.2 Å². The Hall–Kier alpha value is -2.54. The zero-order valence-corrected chi connectivity index (χ0v) is 16.2. The van der Waals surface area contributed by atoms with Crippen LogP contribution in [0.25, 0.3) is 0 Å². The predicted octanol–water partition coefficient (Wildman–Crippen LogP) is 3.10. The monoisotopic (exact) mass is 386 g/mol. The second kappa shape index (κ2) is 6.56. The van der Waals surface area contributed by atoms with Crippen molar-refractivity contribution >= 4 is 27.3 Å². The van der Waals surface area contributed by atoms with E-state index in [1.165, 1.54) is 7.11 Å². The minimum atomic E-state index is -3.76. The number of ether oxygens (including phenoxy) is 1. The van der Waals surface area contributed by atoms with Crippen LogP contribution in [0.1, 0.15) is 24.0 Å². The smallest absolute Gasteiger partial charge is 0.262 e. The highest BCUT2D eigenvalue weighted by Crippen LogP contribution is 2.37. The van der Waals surface area contributed by atoms with E-state index < -0.39 is 10.0 Å². The molecule has 142 valence electrons. The fourth-order valence-electron chi connectivity index (χ4n) is 3.43. The number of hydrogen-bond acceptors (Lipinski definition) is 4. The van der Waals surface area contributed by atoms with Gasteiger partial charge in [-0.15, -0.1) is 0 Å². The Kier molecular flexibility index (Phi) is 4.34. The highest BCUT2D eigenvalue weighted by molar-refractivity contribution is 7.92. The number of rotatable bonds is 5. The van der Waals surface area contributed by atoms with Crippen molar-refractivity contribution in [1.29, 1.82) is 0 Å². The van der Waals surface area contributed by atoms with E-state index in [-0.39, 0.29) is 16.7 Å².